The Balaban J connectivity index is 1.47. The van der Waals surface area contributed by atoms with Gasteiger partial charge in [0.15, 0.2) is 5.82 Å². The van der Waals surface area contributed by atoms with Crippen LogP contribution < -0.4 is 4.90 Å². The average Bonchev–Trinajstić information content (AvgIpc) is 3.30. The van der Waals surface area contributed by atoms with Crippen LogP contribution in [0.15, 0.2) is 51.9 Å². The number of hydrogen-bond donors (Lipinski definition) is 0. The van der Waals surface area contributed by atoms with Crippen LogP contribution in [0.1, 0.15) is 11.4 Å². The topological polar surface area (TPSA) is 96.6 Å². The number of carbonyl (C=O) groups excluding carboxylic acids is 1. The van der Waals surface area contributed by atoms with Crippen molar-refractivity contribution in [3.8, 4) is 11.5 Å². The van der Waals surface area contributed by atoms with E-state index in [9.17, 15) is 13.2 Å². The van der Waals surface area contributed by atoms with E-state index in [0.717, 1.165) is 5.69 Å². The van der Waals surface area contributed by atoms with Gasteiger partial charge in [-0.25, -0.2) is 12.7 Å². The molecule has 8 nitrogen and oxygen atoms in total. The Morgan fingerprint density at radius 1 is 1.23 bits per heavy atom. The number of amides is 1. The highest BCUT2D eigenvalue weighted by Gasteiger charge is 2.28. The van der Waals surface area contributed by atoms with Gasteiger partial charge in [0.2, 0.25) is 15.9 Å². The van der Waals surface area contributed by atoms with E-state index in [-0.39, 0.29) is 36.1 Å². The maximum atomic E-state index is 12.9. The molecule has 2 heterocycles. The number of fused-ring (bicyclic) bond motifs is 1. The van der Waals surface area contributed by atoms with Crippen LogP contribution in [0.3, 0.4) is 0 Å². The second-order valence-corrected chi connectivity index (χ2v) is 9.44. The van der Waals surface area contributed by atoms with Crippen molar-refractivity contribution in [3.05, 3.63) is 58.9 Å². The summed E-state index contributed by atoms with van der Waals surface area (Å²) in [7, 11) is -0.550. The number of halogens is 1. The fourth-order valence-electron chi connectivity index (χ4n) is 3.26. The summed E-state index contributed by atoms with van der Waals surface area (Å²) in [6.45, 7) is 0.166. The molecule has 1 amide bonds. The normalized spacial score (nSPS) is 13.9. The van der Waals surface area contributed by atoms with Crippen LogP contribution in [0.5, 0.6) is 0 Å². The first-order valence-corrected chi connectivity index (χ1v) is 11.0. The molecule has 156 valence electrons. The van der Waals surface area contributed by atoms with Crippen LogP contribution in [0.4, 0.5) is 5.69 Å². The minimum absolute atomic E-state index is 0.0562. The van der Waals surface area contributed by atoms with Crippen LogP contribution in [-0.4, -0.2) is 49.4 Å². The lowest BCUT2D eigenvalue weighted by molar-refractivity contribution is -0.117. The highest BCUT2D eigenvalue weighted by Crippen LogP contribution is 2.30. The Kier molecular flexibility index (Phi) is 5.35. The lowest BCUT2D eigenvalue weighted by Crippen LogP contribution is -2.29. The van der Waals surface area contributed by atoms with Gasteiger partial charge in [0.1, 0.15) is 0 Å². The molecular formula is C20H19ClN4O4S. The number of carbonyl (C=O) groups is 1. The standard InChI is InChI=1S/C20H19ClN4O4S/c1-24(10-9-18-22-20(29-23-18)15-5-3-4-6-16(15)21)30(27,28)14-7-8-17-13(11-14)12-19(26)25(17)2/h3-8,11H,9-10,12H2,1-2H3. The number of benzene rings is 2. The molecule has 0 aliphatic carbocycles. The molecule has 0 spiro atoms. The predicted octanol–water partition coefficient (Wildman–Crippen LogP) is 2.77. The van der Waals surface area contributed by atoms with Crippen LogP contribution in [0, 0.1) is 0 Å². The van der Waals surface area contributed by atoms with E-state index < -0.39 is 10.0 Å². The lowest BCUT2D eigenvalue weighted by Gasteiger charge is -2.17. The fourth-order valence-corrected chi connectivity index (χ4v) is 4.70. The number of hydrogen-bond acceptors (Lipinski definition) is 6. The molecule has 0 saturated carbocycles. The van der Waals surface area contributed by atoms with E-state index in [1.165, 1.54) is 22.3 Å². The minimum Gasteiger partial charge on any atom is -0.334 e. The molecule has 0 fully saturated rings. The zero-order chi connectivity index (χ0) is 21.5. The monoisotopic (exact) mass is 446 g/mol. The molecule has 3 aromatic rings. The zero-order valence-electron chi connectivity index (χ0n) is 16.4. The van der Waals surface area contributed by atoms with Gasteiger partial charge >= 0.3 is 0 Å². The Morgan fingerprint density at radius 2 is 2.00 bits per heavy atom. The molecule has 0 N–H and O–H groups in total. The van der Waals surface area contributed by atoms with Gasteiger partial charge in [0.25, 0.3) is 5.89 Å². The fraction of sp³-hybridized carbons (Fsp3) is 0.250. The van der Waals surface area contributed by atoms with E-state index in [2.05, 4.69) is 10.1 Å². The van der Waals surface area contributed by atoms with Crippen molar-refractivity contribution < 1.29 is 17.7 Å². The van der Waals surface area contributed by atoms with E-state index in [0.29, 0.717) is 22.0 Å². The summed E-state index contributed by atoms with van der Waals surface area (Å²) in [6.07, 6.45) is 0.475. The predicted molar refractivity (Wildman–Crippen MR) is 112 cm³/mol. The lowest BCUT2D eigenvalue weighted by atomic mass is 10.2. The van der Waals surface area contributed by atoms with Gasteiger partial charge < -0.3 is 9.42 Å². The molecule has 1 aliphatic rings. The number of anilines is 1. The van der Waals surface area contributed by atoms with Crippen molar-refractivity contribution in [3.63, 3.8) is 0 Å². The quantitative estimate of drug-likeness (QED) is 0.577. The Hall–Kier alpha value is -2.75. The summed E-state index contributed by atoms with van der Waals surface area (Å²) in [6, 6.07) is 11.9. The number of likely N-dealkylation sites (N-methyl/N-ethyl adjacent to an activating group) is 2. The second-order valence-electron chi connectivity index (χ2n) is 6.99. The Morgan fingerprint density at radius 3 is 2.77 bits per heavy atom. The first-order chi connectivity index (χ1) is 14.3. The molecule has 0 saturated heterocycles. The Labute approximate surface area is 179 Å². The van der Waals surface area contributed by atoms with Crippen molar-refractivity contribution in [1.82, 2.24) is 14.4 Å². The molecule has 2 aromatic carbocycles. The van der Waals surface area contributed by atoms with Gasteiger partial charge in [-0.3, -0.25) is 4.79 Å². The van der Waals surface area contributed by atoms with Gasteiger partial charge in [-0.15, -0.1) is 0 Å². The number of nitrogens with zero attached hydrogens (tertiary/aromatic N) is 4. The smallest absolute Gasteiger partial charge is 0.259 e. The molecule has 0 unspecified atom stereocenters. The molecule has 30 heavy (non-hydrogen) atoms. The summed E-state index contributed by atoms with van der Waals surface area (Å²) < 4.78 is 32.4. The van der Waals surface area contributed by atoms with Gasteiger partial charge in [-0.2, -0.15) is 4.98 Å². The number of aromatic nitrogens is 2. The Bertz CT molecular complexity index is 1230. The third kappa shape index (κ3) is 3.71. The van der Waals surface area contributed by atoms with Crippen LogP contribution in [0.25, 0.3) is 11.5 Å². The zero-order valence-corrected chi connectivity index (χ0v) is 17.9. The van der Waals surface area contributed by atoms with Gasteiger partial charge in [-0.1, -0.05) is 28.9 Å². The van der Waals surface area contributed by atoms with E-state index in [1.54, 1.807) is 37.4 Å². The molecule has 1 aliphatic heterocycles. The molecular weight excluding hydrogens is 428 g/mol. The maximum Gasteiger partial charge on any atom is 0.259 e. The molecule has 4 rings (SSSR count). The van der Waals surface area contributed by atoms with Crippen molar-refractivity contribution >= 4 is 33.2 Å². The number of sulfonamides is 1. The summed E-state index contributed by atoms with van der Waals surface area (Å²) in [4.78, 5) is 17.8. The van der Waals surface area contributed by atoms with Crippen molar-refractivity contribution in [2.45, 2.75) is 17.7 Å². The molecule has 0 radical (unpaired) electrons. The van der Waals surface area contributed by atoms with Crippen molar-refractivity contribution in [1.29, 1.82) is 0 Å². The van der Waals surface area contributed by atoms with Crippen LogP contribution in [-0.2, 0) is 27.7 Å². The van der Waals surface area contributed by atoms with Crippen LogP contribution >= 0.6 is 11.6 Å². The minimum atomic E-state index is -3.72. The molecule has 0 atom stereocenters. The van der Waals surface area contributed by atoms with E-state index >= 15 is 0 Å². The van der Waals surface area contributed by atoms with E-state index in [4.69, 9.17) is 16.1 Å². The summed E-state index contributed by atoms with van der Waals surface area (Å²) >= 11 is 6.14. The highest BCUT2D eigenvalue weighted by atomic mass is 35.5. The van der Waals surface area contributed by atoms with Gasteiger partial charge in [-0.05, 0) is 35.9 Å². The maximum absolute atomic E-state index is 12.9. The molecule has 10 heteroatoms. The first-order valence-electron chi connectivity index (χ1n) is 9.20. The molecule has 0 bridgehead atoms. The molecule has 1 aromatic heterocycles. The van der Waals surface area contributed by atoms with E-state index in [1.807, 2.05) is 6.07 Å². The number of rotatable bonds is 6. The summed E-state index contributed by atoms with van der Waals surface area (Å²) in [5.74, 6) is 0.612. The third-order valence-electron chi connectivity index (χ3n) is 5.06. The SMILES string of the molecule is CN1C(=O)Cc2cc(S(=O)(=O)N(C)CCc3noc(-c4ccccc4Cl)n3)ccc21. The third-order valence-corrected chi connectivity index (χ3v) is 7.24. The van der Waals surface area contributed by atoms with Crippen molar-refractivity contribution in [2.75, 3.05) is 25.5 Å². The largest absolute Gasteiger partial charge is 0.334 e. The first kappa shape index (κ1) is 20.5. The van der Waals surface area contributed by atoms with Gasteiger partial charge in [0.05, 0.1) is 21.9 Å². The highest BCUT2D eigenvalue weighted by molar-refractivity contribution is 7.89. The average molecular weight is 447 g/mol. The second kappa shape index (κ2) is 7.82. The van der Waals surface area contributed by atoms with Crippen LogP contribution in [0.2, 0.25) is 5.02 Å². The summed E-state index contributed by atoms with van der Waals surface area (Å²) in [5, 5.41) is 4.41. The van der Waals surface area contributed by atoms with Crippen molar-refractivity contribution in [2.24, 2.45) is 0 Å². The summed E-state index contributed by atoms with van der Waals surface area (Å²) in [5.41, 5.74) is 2.07. The van der Waals surface area contributed by atoms with Gasteiger partial charge in [0, 0.05) is 32.7 Å².